The van der Waals surface area contributed by atoms with E-state index in [0.717, 1.165) is 35.3 Å². The molecule has 0 spiro atoms. The molecule has 3 heterocycles. The first-order valence-electron chi connectivity index (χ1n) is 8.06. The van der Waals surface area contributed by atoms with Gasteiger partial charge in [0.25, 0.3) is 0 Å². The third kappa shape index (κ3) is 2.64. The number of benzene rings is 1. The topological polar surface area (TPSA) is 47.4 Å². The van der Waals surface area contributed by atoms with Crippen molar-refractivity contribution >= 4 is 28.6 Å². The molecule has 0 radical (unpaired) electrons. The Labute approximate surface area is 140 Å². The summed E-state index contributed by atoms with van der Waals surface area (Å²) in [5.41, 5.74) is 1.39. The third-order valence-corrected chi connectivity index (χ3v) is 6.31. The highest BCUT2D eigenvalue weighted by molar-refractivity contribution is 7.99. The maximum atomic E-state index is 12.6. The molecule has 1 aromatic heterocycles. The van der Waals surface area contributed by atoms with Crippen LogP contribution in [0, 0.1) is 0 Å². The number of ether oxygens (including phenoxy) is 1. The monoisotopic (exact) mass is 331 g/mol. The molecule has 2 bridgehead atoms. The minimum atomic E-state index is -0.290. The van der Waals surface area contributed by atoms with E-state index in [0.29, 0.717) is 17.8 Å². The molecule has 0 saturated carbocycles. The first-order chi connectivity index (χ1) is 11.1. The zero-order chi connectivity index (χ0) is 16.0. The molecule has 6 heteroatoms. The molecule has 5 nitrogen and oxygen atoms in total. The van der Waals surface area contributed by atoms with Gasteiger partial charge in [0.15, 0.2) is 5.69 Å². The van der Waals surface area contributed by atoms with Crippen LogP contribution in [0.15, 0.2) is 24.3 Å². The molecule has 0 aliphatic carbocycles. The molecule has 0 N–H and O–H groups in total. The molecule has 3 atom stereocenters. The molecule has 1 aromatic carbocycles. The molecule has 2 aromatic rings. The zero-order valence-electron chi connectivity index (χ0n) is 13.4. The minimum Gasteiger partial charge on any atom is -0.457 e. The van der Waals surface area contributed by atoms with E-state index in [1.165, 1.54) is 0 Å². The number of aryl methyl sites for hydroxylation is 1. The van der Waals surface area contributed by atoms with Gasteiger partial charge in [0.2, 0.25) is 0 Å². The maximum Gasteiger partial charge on any atom is 0.359 e. The van der Waals surface area contributed by atoms with Crippen LogP contribution in [0.1, 0.15) is 23.3 Å². The second-order valence-electron chi connectivity index (χ2n) is 6.50. The van der Waals surface area contributed by atoms with Crippen molar-refractivity contribution in [2.45, 2.75) is 31.0 Å². The highest BCUT2D eigenvalue weighted by Gasteiger charge is 2.38. The lowest BCUT2D eigenvalue weighted by Gasteiger charge is -2.46. The summed E-state index contributed by atoms with van der Waals surface area (Å²) < 4.78 is 7.57. The van der Waals surface area contributed by atoms with Crippen LogP contribution in [0.4, 0.5) is 0 Å². The van der Waals surface area contributed by atoms with Crippen LogP contribution in [-0.4, -0.2) is 57.4 Å². The van der Waals surface area contributed by atoms with Gasteiger partial charge in [0.1, 0.15) is 6.10 Å². The molecule has 2 aliphatic heterocycles. The number of piperidine rings is 1. The van der Waals surface area contributed by atoms with Crippen LogP contribution in [0.2, 0.25) is 0 Å². The summed E-state index contributed by atoms with van der Waals surface area (Å²) in [5.74, 6) is 1.98. The molecular weight excluding hydrogens is 310 g/mol. The first-order valence-corrected chi connectivity index (χ1v) is 9.21. The second kappa shape index (κ2) is 5.83. The number of fused-ring (bicyclic) bond motifs is 3. The third-order valence-electron chi connectivity index (χ3n) is 5.07. The fraction of sp³-hybridized carbons (Fsp3) is 0.529. The van der Waals surface area contributed by atoms with Crippen LogP contribution >= 0.6 is 11.8 Å². The SMILES string of the molecule is CN1[C@@H]2CSC[C@H]1CC(OC(=O)c1nn(C)c3ccccc13)C2. The lowest BCUT2D eigenvalue weighted by molar-refractivity contribution is -0.0103. The summed E-state index contributed by atoms with van der Waals surface area (Å²) in [5, 5.41) is 5.23. The Hall–Kier alpha value is -1.53. The smallest absolute Gasteiger partial charge is 0.359 e. The van der Waals surface area contributed by atoms with Crippen LogP contribution in [-0.2, 0) is 11.8 Å². The number of carbonyl (C=O) groups is 1. The standard InChI is InChI=1S/C17H21N3O2S/c1-19-11-7-13(8-12(19)10-23-9-11)22-17(21)16-14-5-3-4-6-15(14)20(2)18-16/h3-6,11-13H,7-10H2,1-2H3/t11-,12+,13?. The van der Waals surface area contributed by atoms with Crippen molar-refractivity contribution in [3.8, 4) is 0 Å². The van der Waals surface area contributed by atoms with Gasteiger partial charge in [0.05, 0.1) is 5.52 Å². The fourth-order valence-electron chi connectivity index (χ4n) is 3.71. The highest BCUT2D eigenvalue weighted by atomic mass is 32.2. The van der Waals surface area contributed by atoms with E-state index < -0.39 is 0 Å². The van der Waals surface area contributed by atoms with Crippen LogP contribution in [0.3, 0.4) is 0 Å². The van der Waals surface area contributed by atoms with Crippen LogP contribution in [0.25, 0.3) is 10.9 Å². The Balaban J connectivity index is 1.54. The summed E-state index contributed by atoms with van der Waals surface area (Å²) in [4.78, 5) is 15.1. The number of thioether (sulfide) groups is 1. The van der Waals surface area contributed by atoms with Gasteiger partial charge >= 0.3 is 5.97 Å². The number of para-hydroxylation sites is 1. The molecule has 1 unspecified atom stereocenters. The summed E-state index contributed by atoms with van der Waals surface area (Å²) in [6, 6.07) is 8.82. The van der Waals surface area contributed by atoms with Gasteiger partial charge in [0, 0.05) is 48.9 Å². The van der Waals surface area contributed by atoms with Crippen molar-refractivity contribution in [3.63, 3.8) is 0 Å². The quantitative estimate of drug-likeness (QED) is 0.790. The number of esters is 1. The Morgan fingerprint density at radius 2 is 1.91 bits per heavy atom. The predicted molar refractivity (Wildman–Crippen MR) is 91.8 cm³/mol. The number of hydrogen-bond donors (Lipinski definition) is 0. The lowest BCUT2D eigenvalue weighted by atomic mass is 9.95. The van der Waals surface area contributed by atoms with E-state index in [2.05, 4.69) is 17.0 Å². The second-order valence-corrected chi connectivity index (χ2v) is 7.57. The van der Waals surface area contributed by atoms with Crippen molar-refractivity contribution in [1.82, 2.24) is 14.7 Å². The average molecular weight is 331 g/mol. The van der Waals surface area contributed by atoms with E-state index in [4.69, 9.17) is 4.74 Å². The summed E-state index contributed by atoms with van der Waals surface area (Å²) in [6.45, 7) is 0. The van der Waals surface area contributed by atoms with E-state index in [1.54, 1.807) is 4.68 Å². The predicted octanol–water partition coefficient (Wildman–Crippen LogP) is 2.31. The summed E-state index contributed by atoms with van der Waals surface area (Å²) >= 11 is 2.02. The number of hydrogen-bond acceptors (Lipinski definition) is 5. The fourth-order valence-corrected chi connectivity index (χ4v) is 5.14. The first kappa shape index (κ1) is 15.0. The van der Waals surface area contributed by atoms with Gasteiger partial charge < -0.3 is 4.74 Å². The number of nitrogens with zero attached hydrogens (tertiary/aromatic N) is 3. The molecule has 4 rings (SSSR count). The van der Waals surface area contributed by atoms with Gasteiger partial charge in [-0.05, 0) is 13.1 Å². The van der Waals surface area contributed by atoms with Crippen molar-refractivity contribution in [2.24, 2.45) is 7.05 Å². The van der Waals surface area contributed by atoms with E-state index in [9.17, 15) is 4.79 Å². The van der Waals surface area contributed by atoms with Gasteiger partial charge in [-0.1, -0.05) is 18.2 Å². The maximum absolute atomic E-state index is 12.6. The summed E-state index contributed by atoms with van der Waals surface area (Å²) in [6.07, 6.45) is 1.86. The molecule has 2 saturated heterocycles. The van der Waals surface area contributed by atoms with Crippen molar-refractivity contribution in [1.29, 1.82) is 0 Å². The lowest BCUT2D eigenvalue weighted by Crippen LogP contribution is -2.54. The molecule has 23 heavy (non-hydrogen) atoms. The Bertz CT molecular complexity index is 731. The molecule has 2 aliphatic rings. The number of carbonyl (C=O) groups excluding carboxylic acids is 1. The average Bonchev–Trinajstić information content (AvgIpc) is 2.86. The van der Waals surface area contributed by atoms with E-state index >= 15 is 0 Å². The molecular formula is C17H21N3O2S. The van der Waals surface area contributed by atoms with Gasteiger partial charge in [-0.3, -0.25) is 9.58 Å². The van der Waals surface area contributed by atoms with E-state index in [1.807, 2.05) is 43.1 Å². The molecule has 122 valence electrons. The number of rotatable bonds is 2. The normalized spacial score (nSPS) is 28.0. The number of aromatic nitrogens is 2. The zero-order valence-corrected chi connectivity index (χ0v) is 14.3. The molecule has 0 amide bonds. The van der Waals surface area contributed by atoms with Crippen LogP contribution in [0.5, 0.6) is 0 Å². The van der Waals surface area contributed by atoms with Gasteiger partial charge in [-0.2, -0.15) is 16.9 Å². The van der Waals surface area contributed by atoms with Crippen molar-refractivity contribution < 1.29 is 9.53 Å². The van der Waals surface area contributed by atoms with E-state index in [-0.39, 0.29) is 12.1 Å². The van der Waals surface area contributed by atoms with Gasteiger partial charge in [-0.15, -0.1) is 0 Å². The van der Waals surface area contributed by atoms with Crippen molar-refractivity contribution in [2.75, 3.05) is 18.6 Å². The highest BCUT2D eigenvalue weighted by Crippen LogP contribution is 2.33. The van der Waals surface area contributed by atoms with Crippen LogP contribution < -0.4 is 0 Å². The molecule has 2 fully saturated rings. The summed E-state index contributed by atoms with van der Waals surface area (Å²) in [7, 11) is 4.05. The van der Waals surface area contributed by atoms with Crippen molar-refractivity contribution in [3.05, 3.63) is 30.0 Å². The minimum absolute atomic E-state index is 0.00960. The largest absolute Gasteiger partial charge is 0.457 e. The Morgan fingerprint density at radius 3 is 2.65 bits per heavy atom. The Kier molecular flexibility index (Phi) is 3.81. The van der Waals surface area contributed by atoms with Gasteiger partial charge in [-0.25, -0.2) is 4.79 Å². The Morgan fingerprint density at radius 1 is 1.22 bits per heavy atom.